The molecule has 1 aliphatic heterocycles. The van der Waals surface area contributed by atoms with Crippen LogP contribution in [0.4, 0.5) is 17.5 Å². The Kier molecular flexibility index (Phi) is 3.99. The smallest absolute Gasteiger partial charge is 0.251 e. The van der Waals surface area contributed by atoms with Gasteiger partial charge in [0.2, 0.25) is 0 Å². The number of aromatic nitrogens is 3. The predicted molar refractivity (Wildman–Crippen MR) is 84.9 cm³/mol. The van der Waals surface area contributed by atoms with E-state index in [1.165, 1.54) is 12.8 Å². The lowest BCUT2D eigenvalue weighted by Crippen LogP contribution is -2.35. The van der Waals surface area contributed by atoms with Gasteiger partial charge < -0.3 is 9.80 Å². The van der Waals surface area contributed by atoms with E-state index in [2.05, 4.69) is 27.0 Å². The van der Waals surface area contributed by atoms with Crippen LogP contribution in [0.2, 0.25) is 0 Å². The lowest BCUT2D eigenvalue weighted by atomic mass is 10.0. The minimum atomic E-state index is 0.636. The van der Waals surface area contributed by atoms with Crippen LogP contribution in [0, 0.1) is 5.92 Å². The van der Waals surface area contributed by atoms with Crippen LogP contribution in [-0.4, -0.2) is 35.3 Å². The van der Waals surface area contributed by atoms with Crippen molar-refractivity contribution < 1.29 is 0 Å². The lowest BCUT2D eigenvalue weighted by Gasteiger charge is -2.31. The van der Waals surface area contributed by atoms with Gasteiger partial charge in [0.15, 0.2) is 5.82 Å². The van der Waals surface area contributed by atoms with E-state index in [0.29, 0.717) is 11.9 Å². The number of piperidine rings is 1. The third-order valence-electron chi connectivity index (χ3n) is 3.96. The van der Waals surface area contributed by atoms with Gasteiger partial charge in [0, 0.05) is 25.8 Å². The van der Waals surface area contributed by atoms with E-state index < -0.39 is 0 Å². The standard InChI is InChI=1S/C16H21N5/c1-13-7-6-10-21(12-13)15-11-17-19-16(18-15)20(2)14-8-4-3-5-9-14/h3-5,8-9,11,13H,6-7,10,12H2,1-2H3. The molecular weight excluding hydrogens is 262 g/mol. The maximum Gasteiger partial charge on any atom is 0.251 e. The number of hydrogen-bond acceptors (Lipinski definition) is 5. The van der Waals surface area contributed by atoms with Gasteiger partial charge in [-0.15, -0.1) is 5.10 Å². The summed E-state index contributed by atoms with van der Waals surface area (Å²) in [5, 5.41) is 8.30. The van der Waals surface area contributed by atoms with Gasteiger partial charge in [0.25, 0.3) is 5.95 Å². The molecule has 0 saturated carbocycles. The van der Waals surface area contributed by atoms with Gasteiger partial charge in [-0.25, -0.2) is 0 Å². The molecule has 0 bridgehead atoms. The minimum Gasteiger partial charge on any atom is -0.355 e. The second kappa shape index (κ2) is 6.08. The second-order valence-electron chi connectivity index (χ2n) is 5.70. The van der Waals surface area contributed by atoms with Crippen LogP contribution in [0.3, 0.4) is 0 Å². The van der Waals surface area contributed by atoms with E-state index >= 15 is 0 Å². The molecule has 3 rings (SSSR count). The van der Waals surface area contributed by atoms with Crippen molar-refractivity contribution in [2.75, 3.05) is 29.9 Å². The fourth-order valence-electron chi connectivity index (χ4n) is 2.74. The summed E-state index contributed by atoms with van der Waals surface area (Å²) >= 11 is 0. The van der Waals surface area contributed by atoms with Crippen molar-refractivity contribution >= 4 is 17.5 Å². The molecule has 1 aromatic heterocycles. The molecule has 1 aromatic carbocycles. The van der Waals surface area contributed by atoms with Gasteiger partial charge in [-0.2, -0.15) is 10.1 Å². The molecule has 1 unspecified atom stereocenters. The molecule has 0 radical (unpaired) electrons. The summed E-state index contributed by atoms with van der Waals surface area (Å²) in [7, 11) is 1.97. The van der Waals surface area contributed by atoms with Crippen LogP contribution in [-0.2, 0) is 0 Å². The van der Waals surface area contributed by atoms with E-state index in [9.17, 15) is 0 Å². The van der Waals surface area contributed by atoms with Crippen LogP contribution >= 0.6 is 0 Å². The third-order valence-corrected chi connectivity index (χ3v) is 3.96. The zero-order valence-electron chi connectivity index (χ0n) is 12.6. The topological polar surface area (TPSA) is 45.2 Å². The molecule has 110 valence electrons. The molecule has 1 aliphatic rings. The maximum atomic E-state index is 4.69. The summed E-state index contributed by atoms with van der Waals surface area (Å²) in [5.74, 6) is 2.27. The maximum absolute atomic E-state index is 4.69. The van der Waals surface area contributed by atoms with Crippen molar-refractivity contribution in [3.05, 3.63) is 36.5 Å². The first-order chi connectivity index (χ1) is 10.2. The average Bonchev–Trinajstić information content (AvgIpc) is 2.55. The van der Waals surface area contributed by atoms with Gasteiger partial charge >= 0.3 is 0 Å². The number of hydrogen-bond donors (Lipinski definition) is 0. The molecule has 5 nitrogen and oxygen atoms in total. The summed E-state index contributed by atoms with van der Waals surface area (Å²) in [6, 6.07) is 10.1. The predicted octanol–water partition coefficient (Wildman–Crippen LogP) is 2.88. The first kappa shape index (κ1) is 13.8. The van der Waals surface area contributed by atoms with Crippen molar-refractivity contribution in [1.29, 1.82) is 0 Å². The molecule has 2 heterocycles. The summed E-state index contributed by atoms with van der Waals surface area (Å²) in [6.45, 7) is 4.39. The SMILES string of the molecule is CC1CCCN(c2cnnc(N(C)c3ccccc3)n2)C1. The van der Waals surface area contributed by atoms with Crippen LogP contribution in [0.1, 0.15) is 19.8 Å². The highest BCUT2D eigenvalue weighted by Gasteiger charge is 2.19. The van der Waals surface area contributed by atoms with E-state index in [1.54, 1.807) is 6.20 Å². The number of para-hydroxylation sites is 1. The second-order valence-corrected chi connectivity index (χ2v) is 5.70. The van der Waals surface area contributed by atoms with Gasteiger partial charge in [0.05, 0.1) is 6.20 Å². The highest BCUT2D eigenvalue weighted by Crippen LogP contribution is 2.24. The number of benzene rings is 1. The van der Waals surface area contributed by atoms with E-state index in [-0.39, 0.29) is 0 Å². The monoisotopic (exact) mass is 283 g/mol. The Morgan fingerprint density at radius 3 is 2.81 bits per heavy atom. The van der Waals surface area contributed by atoms with Gasteiger partial charge in [-0.3, -0.25) is 0 Å². The normalized spacial score (nSPS) is 18.6. The number of rotatable bonds is 3. The largest absolute Gasteiger partial charge is 0.355 e. The Morgan fingerprint density at radius 2 is 2.05 bits per heavy atom. The van der Waals surface area contributed by atoms with E-state index in [0.717, 1.165) is 24.6 Å². The molecule has 1 saturated heterocycles. The molecule has 2 aromatic rings. The molecular formula is C16H21N5. The summed E-state index contributed by atoms with van der Waals surface area (Å²) in [6.07, 6.45) is 4.28. The number of nitrogens with zero attached hydrogens (tertiary/aromatic N) is 5. The van der Waals surface area contributed by atoms with Crippen LogP contribution in [0.5, 0.6) is 0 Å². The third kappa shape index (κ3) is 3.12. The molecule has 0 spiro atoms. The Labute approximate surface area is 125 Å². The van der Waals surface area contributed by atoms with Gasteiger partial charge in [-0.05, 0) is 30.9 Å². The summed E-state index contributed by atoms with van der Waals surface area (Å²) < 4.78 is 0. The molecule has 0 N–H and O–H groups in total. The Hall–Kier alpha value is -2.17. The zero-order chi connectivity index (χ0) is 14.7. The van der Waals surface area contributed by atoms with Gasteiger partial charge in [-0.1, -0.05) is 25.1 Å². The molecule has 0 amide bonds. The van der Waals surface area contributed by atoms with Crippen LogP contribution in [0.25, 0.3) is 0 Å². The Bertz CT molecular complexity index is 586. The Morgan fingerprint density at radius 1 is 1.24 bits per heavy atom. The quantitative estimate of drug-likeness (QED) is 0.866. The average molecular weight is 283 g/mol. The first-order valence-corrected chi connectivity index (χ1v) is 7.47. The highest BCUT2D eigenvalue weighted by molar-refractivity contribution is 5.56. The molecule has 1 fully saturated rings. The highest BCUT2D eigenvalue weighted by atomic mass is 15.3. The molecule has 1 atom stereocenters. The Balaban J connectivity index is 1.83. The van der Waals surface area contributed by atoms with E-state index in [4.69, 9.17) is 0 Å². The van der Waals surface area contributed by atoms with Crippen LogP contribution in [0.15, 0.2) is 36.5 Å². The van der Waals surface area contributed by atoms with Crippen molar-refractivity contribution in [1.82, 2.24) is 15.2 Å². The molecule has 21 heavy (non-hydrogen) atoms. The fourth-order valence-corrected chi connectivity index (χ4v) is 2.74. The van der Waals surface area contributed by atoms with Crippen molar-refractivity contribution in [2.24, 2.45) is 5.92 Å². The summed E-state index contributed by atoms with van der Waals surface area (Å²) in [4.78, 5) is 8.96. The fraction of sp³-hybridized carbons (Fsp3) is 0.438. The van der Waals surface area contributed by atoms with Crippen molar-refractivity contribution in [2.45, 2.75) is 19.8 Å². The lowest BCUT2D eigenvalue weighted by molar-refractivity contribution is 0.444. The van der Waals surface area contributed by atoms with E-state index in [1.807, 2.05) is 42.3 Å². The minimum absolute atomic E-state index is 0.636. The number of anilines is 3. The van der Waals surface area contributed by atoms with Crippen LogP contribution < -0.4 is 9.80 Å². The van der Waals surface area contributed by atoms with Crippen molar-refractivity contribution in [3.8, 4) is 0 Å². The van der Waals surface area contributed by atoms with Gasteiger partial charge in [0.1, 0.15) is 0 Å². The van der Waals surface area contributed by atoms with Crippen molar-refractivity contribution in [3.63, 3.8) is 0 Å². The zero-order valence-corrected chi connectivity index (χ0v) is 12.6. The molecule has 0 aliphatic carbocycles. The summed E-state index contributed by atoms with van der Waals surface area (Å²) in [5.41, 5.74) is 1.06. The first-order valence-electron chi connectivity index (χ1n) is 7.47. The molecule has 5 heteroatoms.